The molecule has 0 saturated carbocycles. The van der Waals surface area contributed by atoms with Crippen molar-refractivity contribution in [3.63, 3.8) is 0 Å². The fourth-order valence-corrected chi connectivity index (χ4v) is 2.40. The first-order valence-electron chi connectivity index (χ1n) is 8.12. The Labute approximate surface area is 157 Å². The summed E-state index contributed by atoms with van der Waals surface area (Å²) in [6, 6.07) is 1.35. The number of nitrogens with zero attached hydrogens (tertiary/aromatic N) is 2. The molecule has 1 aliphatic heterocycles. The topological polar surface area (TPSA) is 85.2 Å². The molecule has 146 valence electrons. The Balaban J connectivity index is 1.52. The van der Waals surface area contributed by atoms with E-state index in [0.717, 1.165) is 18.4 Å². The summed E-state index contributed by atoms with van der Waals surface area (Å²) in [7, 11) is 0. The first-order valence-corrected chi connectivity index (χ1v) is 8.12. The van der Waals surface area contributed by atoms with Crippen LogP contribution in [-0.2, 0) is 20.9 Å². The van der Waals surface area contributed by atoms with Crippen LogP contribution >= 0.6 is 0 Å². The summed E-state index contributed by atoms with van der Waals surface area (Å²) in [6.07, 6.45) is 8.16. The Morgan fingerprint density at radius 2 is 2.07 bits per heavy atom. The van der Waals surface area contributed by atoms with E-state index in [-0.39, 0.29) is 24.5 Å². The molecule has 1 aromatic carbocycles. The van der Waals surface area contributed by atoms with Crippen LogP contribution in [0.3, 0.4) is 0 Å². The van der Waals surface area contributed by atoms with Gasteiger partial charge in [-0.3, -0.25) is 4.79 Å². The number of aldehydes is 1. The van der Waals surface area contributed by atoms with E-state index >= 15 is 0 Å². The van der Waals surface area contributed by atoms with E-state index in [1.807, 2.05) is 0 Å². The molecule has 7 nitrogen and oxygen atoms in total. The van der Waals surface area contributed by atoms with Crippen LogP contribution in [0.1, 0.15) is 5.56 Å². The summed E-state index contributed by atoms with van der Waals surface area (Å²) < 4.78 is 46.3. The third-order valence-electron chi connectivity index (χ3n) is 3.71. The average molecular weight is 392 g/mol. The Hall–Kier alpha value is -3.56. The van der Waals surface area contributed by atoms with E-state index in [1.165, 1.54) is 23.3 Å². The van der Waals surface area contributed by atoms with E-state index in [2.05, 4.69) is 15.6 Å². The summed E-state index contributed by atoms with van der Waals surface area (Å²) in [6.45, 7) is -0.250. The Bertz CT molecular complexity index is 932. The number of dihydropyridines is 1. The lowest BCUT2D eigenvalue weighted by molar-refractivity contribution is -0.119. The molecule has 0 spiro atoms. The van der Waals surface area contributed by atoms with Crippen LogP contribution in [0.2, 0.25) is 0 Å². The van der Waals surface area contributed by atoms with Crippen molar-refractivity contribution in [3.05, 3.63) is 71.8 Å². The first kappa shape index (κ1) is 19.2. The number of hydrogen-bond acceptors (Lipinski definition) is 5. The maximum absolute atomic E-state index is 13.3. The predicted octanol–water partition coefficient (Wildman–Crippen LogP) is 1.87. The molecule has 10 heteroatoms. The van der Waals surface area contributed by atoms with Crippen LogP contribution in [-0.4, -0.2) is 34.4 Å². The van der Waals surface area contributed by atoms with Gasteiger partial charge in [-0.25, -0.2) is 18.2 Å². The lowest BCUT2D eigenvalue weighted by Gasteiger charge is -2.14. The largest absolute Gasteiger partial charge is 0.482 e. The lowest BCUT2D eigenvalue weighted by Crippen LogP contribution is -2.27. The van der Waals surface area contributed by atoms with Crippen LogP contribution in [0.25, 0.3) is 0 Å². The van der Waals surface area contributed by atoms with E-state index < -0.39 is 29.4 Å². The fourth-order valence-electron chi connectivity index (χ4n) is 2.40. The van der Waals surface area contributed by atoms with Gasteiger partial charge in [-0.1, -0.05) is 6.08 Å². The SMILES string of the molecule is O=CC1C=CC(OCC(=O)Nc2cn(Cc3cc(F)c(F)c(F)c3)cn2)=CN1. The van der Waals surface area contributed by atoms with Crippen molar-refractivity contribution in [2.24, 2.45) is 0 Å². The molecule has 1 aromatic heterocycles. The van der Waals surface area contributed by atoms with Crippen molar-refractivity contribution in [1.82, 2.24) is 14.9 Å². The van der Waals surface area contributed by atoms with Gasteiger partial charge in [-0.15, -0.1) is 0 Å². The normalized spacial score (nSPS) is 15.5. The summed E-state index contributed by atoms with van der Waals surface area (Å²) in [5.41, 5.74) is 0.201. The molecule has 3 rings (SSSR count). The Kier molecular flexibility index (Phi) is 5.78. The molecule has 28 heavy (non-hydrogen) atoms. The molecular weight excluding hydrogens is 377 g/mol. The van der Waals surface area contributed by atoms with Crippen molar-refractivity contribution >= 4 is 18.0 Å². The number of nitrogens with one attached hydrogen (secondary N) is 2. The standard InChI is InChI=1S/C18H15F3N4O3/c19-14-3-11(4-15(20)18(14)21)6-25-7-16(23-10-25)24-17(27)9-28-13-2-1-12(8-26)22-5-13/h1-5,7-8,10,12,22H,6,9H2,(H,24,27). The molecule has 2 aromatic rings. The molecule has 1 unspecified atom stereocenters. The number of anilines is 1. The van der Waals surface area contributed by atoms with E-state index in [9.17, 15) is 22.8 Å². The van der Waals surface area contributed by atoms with Gasteiger partial charge >= 0.3 is 0 Å². The quantitative estimate of drug-likeness (QED) is 0.555. The number of amides is 1. The highest BCUT2D eigenvalue weighted by atomic mass is 19.2. The number of allylic oxidation sites excluding steroid dienone is 1. The summed E-state index contributed by atoms with van der Waals surface area (Å²) in [4.78, 5) is 26.5. The zero-order valence-corrected chi connectivity index (χ0v) is 14.4. The number of ether oxygens (including phenoxy) is 1. The van der Waals surface area contributed by atoms with Gasteiger partial charge in [-0.2, -0.15) is 0 Å². The van der Waals surface area contributed by atoms with Gasteiger partial charge in [0, 0.05) is 18.9 Å². The van der Waals surface area contributed by atoms with Crippen molar-refractivity contribution in [2.75, 3.05) is 11.9 Å². The van der Waals surface area contributed by atoms with Gasteiger partial charge in [0.2, 0.25) is 0 Å². The second-order valence-corrected chi connectivity index (χ2v) is 5.88. The van der Waals surface area contributed by atoms with Crippen LogP contribution in [0.15, 0.2) is 48.8 Å². The van der Waals surface area contributed by atoms with Gasteiger partial charge in [0.05, 0.1) is 6.33 Å². The van der Waals surface area contributed by atoms with Gasteiger partial charge in [0.1, 0.15) is 18.1 Å². The predicted molar refractivity (Wildman–Crippen MR) is 92.4 cm³/mol. The van der Waals surface area contributed by atoms with Gasteiger partial charge in [0.15, 0.2) is 29.9 Å². The second-order valence-electron chi connectivity index (χ2n) is 5.88. The van der Waals surface area contributed by atoms with Crippen molar-refractivity contribution in [3.8, 4) is 0 Å². The number of imidazole rings is 1. The highest BCUT2D eigenvalue weighted by molar-refractivity contribution is 5.90. The Morgan fingerprint density at radius 1 is 1.32 bits per heavy atom. The first-order chi connectivity index (χ1) is 13.4. The molecule has 0 radical (unpaired) electrons. The van der Waals surface area contributed by atoms with E-state index in [1.54, 1.807) is 12.2 Å². The summed E-state index contributed by atoms with van der Waals surface area (Å²) >= 11 is 0. The molecule has 1 atom stereocenters. The zero-order valence-electron chi connectivity index (χ0n) is 14.4. The van der Waals surface area contributed by atoms with Gasteiger partial charge in [-0.05, 0) is 23.8 Å². The molecule has 0 saturated heterocycles. The lowest BCUT2D eigenvalue weighted by atomic mass is 10.2. The smallest absolute Gasteiger partial charge is 0.263 e. The molecule has 2 heterocycles. The monoisotopic (exact) mass is 392 g/mol. The highest BCUT2D eigenvalue weighted by Gasteiger charge is 2.12. The van der Waals surface area contributed by atoms with Crippen LogP contribution in [0.4, 0.5) is 19.0 Å². The maximum atomic E-state index is 13.3. The molecule has 0 aliphatic carbocycles. The average Bonchev–Trinajstić information content (AvgIpc) is 3.11. The number of carbonyl (C=O) groups is 2. The minimum atomic E-state index is -1.53. The number of carbonyl (C=O) groups excluding carboxylic acids is 2. The molecule has 0 bridgehead atoms. The fraction of sp³-hybridized carbons (Fsp3) is 0.167. The summed E-state index contributed by atoms with van der Waals surface area (Å²) in [5, 5.41) is 5.27. The number of benzene rings is 1. The number of hydrogen-bond donors (Lipinski definition) is 2. The molecule has 0 fully saturated rings. The molecular formula is C18H15F3N4O3. The second kappa shape index (κ2) is 8.42. The molecule has 1 aliphatic rings. The number of rotatable bonds is 7. The third kappa shape index (κ3) is 4.78. The van der Waals surface area contributed by atoms with Crippen LogP contribution in [0.5, 0.6) is 0 Å². The molecule has 1 amide bonds. The van der Waals surface area contributed by atoms with E-state index in [4.69, 9.17) is 4.74 Å². The van der Waals surface area contributed by atoms with Crippen LogP contribution < -0.4 is 10.6 Å². The third-order valence-corrected chi connectivity index (χ3v) is 3.71. The van der Waals surface area contributed by atoms with Crippen molar-refractivity contribution in [2.45, 2.75) is 12.6 Å². The van der Waals surface area contributed by atoms with Crippen LogP contribution in [0, 0.1) is 17.5 Å². The zero-order chi connectivity index (χ0) is 20.1. The Morgan fingerprint density at radius 3 is 2.71 bits per heavy atom. The highest BCUT2D eigenvalue weighted by Crippen LogP contribution is 2.15. The summed E-state index contributed by atoms with van der Waals surface area (Å²) in [5.74, 6) is -3.96. The van der Waals surface area contributed by atoms with Gasteiger partial charge < -0.3 is 24.7 Å². The van der Waals surface area contributed by atoms with Gasteiger partial charge in [0.25, 0.3) is 5.91 Å². The maximum Gasteiger partial charge on any atom is 0.263 e. The molecule has 2 N–H and O–H groups in total. The number of halogens is 3. The minimum absolute atomic E-state index is 0.0364. The minimum Gasteiger partial charge on any atom is -0.482 e. The van der Waals surface area contributed by atoms with Crippen molar-refractivity contribution in [1.29, 1.82) is 0 Å². The van der Waals surface area contributed by atoms with E-state index in [0.29, 0.717) is 5.76 Å². The number of aromatic nitrogens is 2. The van der Waals surface area contributed by atoms with Crippen molar-refractivity contribution < 1.29 is 27.5 Å².